The largest absolute Gasteiger partial charge is 0.486 e. The number of benzene rings is 3. The van der Waals surface area contributed by atoms with Crippen LogP contribution in [0.25, 0.3) is 0 Å². The first-order valence-electron chi connectivity index (χ1n) is 13.4. The number of carbonyl (C=O) groups is 1. The van der Waals surface area contributed by atoms with Gasteiger partial charge in [-0.1, -0.05) is 56.3 Å². The maximum Gasteiger partial charge on any atom is 0.235 e. The van der Waals surface area contributed by atoms with Crippen molar-refractivity contribution in [2.75, 3.05) is 39.4 Å². The Morgan fingerprint density at radius 3 is 2.08 bits per heavy atom. The summed E-state index contributed by atoms with van der Waals surface area (Å²) in [5.74, 6) is 2.71. The van der Waals surface area contributed by atoms with Crippen molar-refractivity contribution in [2.24, 2.45) is 0 Å². The van der Waals surface area contributed by atoms with Crippen LogP contribution in [-0.2, 0) is 11.3 Å². The Morgan fingerprint density at radius 2 is 1.41 bits per heavy atom. The standard InChI is InChI=1S/C31H36N2O4/c1-3-32(4-2)17-9-10-18-33(22-23-15-16-28-29(21-23)36-20-19-35-28)31(34)30-24-11-5-7-13-26(24)37-27-14-8-6-12-25(27)30/h5-8,11-16,21,30H,3-4,9-10,17-20,22H2,1-2H3. The lowest BCUT2D eigenvalue weighted by Gasteiger charge is -2.32. The monoisotopic (exact) mass is 500 g/mol. The van der Waals surface area contributed by atoms with Crippen LogP contribution >= 0.6 is 0 Å². The van der Waals surface area contributed by atoms with Gasteiger partial charge in [0.1, 0.15) is 24.7 Å². The number of amides is 1. The van der Waals surface area contributed by atoms with Gasteiger partial charge in [0.05, 0.1) is 5.92 Å². The van der Waals surface area contributed by atoms with E-state index in [0.29, 0.717) is 26.3 Å². The molecule has 0 spiro atoms. The summed E-state index contributed by atoms with van der Waals surface area (Å²) in [5, 5.41) is 0. The third kappa shape index (κ3) is 5.59. The molecule has 3 aromatic rings. The smallest absolute Gasteiger partial charge is 0.235 e. The fourth-order valence-corrected chi connectivity index (χ4v) is 5.21. The van der Waals surface area contributed by atoms with Gasteiger partial charge < -0.3 is 24.0 Å². The van der Waals surface area contributed by atoms with E-state index in [1.807, 2.05) is 71.6 Å². The molecule has 0 saturated heterocycles. The minimum atomic E-state index is -0.402. The number of fused-ring (bicyclic) bond motifs is 3. The number of carbonyl (C=O) groups excluding carboxylic acids is 1. The third-order valence-corrected chi connectivity index (χ3v) is 7.27. The van der Waals surface area contributed by atoms with E-state index in [1.54, 1.807) is 0 Å². The van der Waals surface area contributed by atoms with Gasteiger partial charge in [-0.2, -0.15) is 0 Å². The van der Waals surface area contributed by atoms with Crippen molar-refractivity contribution in [3.63, 3.8) is 0 Å². The number of nitrogens with zero attached hydrogens (tertiary/aromatic N) is 2. The zero-order valence-electron chi connectivity index (χ0n) is 21.8. The number of rotatable bonds is 10. The second-order valence-electron chi connectivity index (χ2n) is 9.58. The molecule has 0 bridgehead atoms. The third-order valence-electron chi connectivity index (χ3n) is 7.27. The molecule has 1 amide bonds. The fourth-order valence-electron chi connectivity index (χ4n) is 5.21. The number of hydrogen-bond donors (Lipinski definition) is 0. The average Bonchev–Trinajstić information content (AvgIpc) is 2.95. The van der Waals surface area contributed by atoms with Gasteiger partial charge in [-0.15, -0.1) is 0 Å². The molecule has 0 fully saturated rings. The van der Waals surface area contributed by atoms with E-state index in [-0.39, 0.29) is 5.91 Å². The van der Waals surface area contributed by atoms with Crippen LogP contribution in [0.4, 0.5) is 0 Å². The first-order chi connectivity index (χ1) is 18.2. The van der Waals surface area contributed by atoms with Gasteiger partial charge >= 0.3 is 0 Å². The van der Waals surface area contributed by atoms with Crippen molar-refractivity contribution in [1.29, 1.82) is 0 Å². The van der Waals surface area contributed by atoms with Crippen LogP contribution in [0.5, 0.6) is 23.0 Å². The van der Waals surface area contributed by atoms with Gasteiger partial charge in [-0.05, 0) is 62.3 Å². The van der Waals surface area contributed by atoms with Crippen LogP contribution in [0, 0.1) is 0 Å². The zero-order valence-corrected chi connectivity index (χ0v) is 21.8. The Bertz CT molecular complexity index is 1180. The maximum absolute atomic E-state index is 14.4. The number of ether oxygens (including phenoxy) is 3. The molecule has 0 N–H and O–H groups in total. The lowest BCUT2D eigenvalue weighted by molar-refractivity contribution is -0.132. The van der Waals surface area contributed by atoms with E-state index in [4.69, 9.17) is 14.2 Å². The van der Waals surface area contributed by atoms with E-state index in [0.717, 1.165) is 72.2 Å². The van der Waals surface area contributed by atoms with E-state index in [2.05, 4.69) is 18.7 Å². The van der Waals surface area contributed by atoms with Gasteiger partial charge in [0.2, 0.25) is 5.91 Å². The summed E-state index contributed by atoms with van der Waals surface area (Å²) in [6.45, 7) is 9.84. The van der Waals surface area contributed by atoms with Gasteiger partial charge in [0, 0.05) is 24.2 Å². The lowest BCUT2D eigenvalue weighted by Crippen LogP contribution is -2.37. The summed E-state index contributed by atoms with van der Waals surface area (Å²) in [5.41, 5.74) is 2.87. The topological polar surface area (TPSA) is 51.2 Å². The molecule has 0 saturated carbocycles. The van der Waals surface area contributed by atoms with Gasteiger partial charge in [0.25, 0.3) is 0 Å². The van der Waals surface area contributed by atoms with Crippen molar-refractivity contribution in [1.82, 2.24) is 9.80 Å². The number of para-hydroxylation sites is 2. The zero-order chi connectivity index (χ0) is 25.6. The summed E-state index contributed by atoms with van der Waals surface area (Å²) in [6.07, 6.45) is 1.99. The summed E-state index contributed by atoms with van der Waals surface area (Å²) in [4.78, 5) is 18.8. The number of unbranched alkanes of at least 4 members (excludes halogenated alkanes) is 1. The van der Waals surface area contributed by atoms with Gasteiger partial charge in [-0.3, -0.25) is 4.79 Å². The molecule has 0 atom stereocenters. The number of hydrogen-bond acceptors (Lipinski definition) is 5. The minimum Gasteiger partial charge on any atom is -0.486 e. The normalized spacial score (nSPS) is 14.0. The van der Waals surface area contributed by atoms with E-state index in [9.17, 15) is 4.79 Å². The van der Waals surface area contributed by atoms with E-state index < -0.39 is 5.92 Å². The highest BCUT2D eigenvalue weighted by molar-refractivity contribution is 5.89. The quantitative estimate of drug-likeness (QED) is 0.327. The van der Waals surface area contributed by atoms with Gasteiger partial charge in [0.15, 0.2) is 11.5 Å². The first-order valence-corrected chi connectivity index (χ1v) is 13.4. The predicted molar refractivity (Wildman–Crippen MR) is 145 cm³/mol. The summed E-state index contributed by atoms with van der Waals surface area (Å²) >= 11 is 0. The molecule has 6 heteroatoms. The second-order valence-corrected chi connectivity index (χ2v) is 9.58. The van der Waals surface area contributed by atoms with Crippen LogP contribution in [0.2, 0.25) is 0 Å². The molecule has 3 aromatic carbocycles. The highest BCUT2D eigenvalue weighted by Gasteiger charge is 2.35. The molecule has 37 heavy (non-hydrogen) atoms. The predicted octanol–water partition coefficient (Wildman–Crippen LogP) is 5.85. The molecule has 0 aromatic heterocycles. The minimum absolute atomic E-state index is 0.0981. The fraction of sp³-hybridized carbons (Fsp3) is 0.387. The van der Waals surface area contributed by atoms with E-state index in [1.165, 1.54) is 0 Å². The Kier molecular flexibility index (Phi) is 7.95. The Hall–Kier alpha value is -3.51. The van der Waals surface area contributed by atoms with Crippen LogP contribution in [-0.4, -0.2) is 55.1 Å². The molecular weight excluding hydrogens is 464 g/mol. The Morgan fingerprint density at radius 1 is 0.784 bits per heavy atom. The van der Waals surface area contributed by atoms with Crippen molar-refractivity contribution in [3.05, 3.63) is 83.4 Å². The molecule has 2 aliphatic rings. The molecular formula is C31H36N2O4. The summed E-state index contributed by atoms with van der Waals surface area (Å²) in [7, 11) is 0. The SMILES string of the molecule is CCN(CC)CCCCN(Cc1ccc2c(c1)OCCO2)C(=O)C1c2ccccc2Oc2ccccc21. The van der Waals surface area contributed by atoms with Crippen molar-refractivity contribution in [2.45, 2.75) is 39.2 Å². The highest BCUT2D eigenvalue weighted by atomic mass is 16.6. The Labute approximate surface area is 219 Å². The summed E-state index contributed by atoms with van der Waals surface area (Å²) < 4.78 is 17.7. The Balaban J connectivity index is 1.42. The highest BCUT2D eigenvalue weighted by Crippen LogP contribution is 2.45. The molecule has 0 aliphatic carbocycles. The maximum atomic E-state index is 14.4. The van der Waals surface area contributed by atoms with Crippen LogP contribution in [0.3, 0.4) is 0 Å². The molecule has 5 rings (SSSR count). The van der Waals surface area contributed by atoms with Crippen molar-refractivity contribution < 1.29 is 19.0 Å². The molecule has 6 nitrogen and oxygen atoms in total. The lowest BCUT2D eigenvalue weighted by atomic mass is 9.86. The van der Waals surface area contributed by atoms with E-state index >= 15 is 0 Å². The van der Waals surface area contributed by atoms with Gasteiger partial charge in [-0.25, -0.2) is 0 Å². The van der Waals surface area contributed by atoms with Crippen molar-refractivity contribution in [3.8, 4) is 23.0 Å². The van der Waals surface area contributed by atoms with Crippen molar-refractivity contribution >= 4 is 5.91 Å². The van der Waals surface area contributed by atoms with Crippen LogP contribution in [0.1, 0.15) is 49.3 Å². The second kappa shape index (κ2) is 11.7. The molecule has 2 heterocycles. The molecule has 0 unspecified atom stereocenters. The summed E-state index contributed by atoms with van der Waals surface area (Å²) in [6, 6.07) is 21.8. The first kappa shape index (κ1) is 25.2. The van der Waals surface area contributed by atoms with Crippen LogP contribution < -0.4 is 14.2 Å². The molecule has 194 valence electrons. The molecule has 2 aliphatic heterocycles. The average molecular weight is 501 g/mol. The molecule has 0 radical (unpaired) electrons. The van der Waals surface area contributed by atoms with Crippen LogP contribution in [0.15, 0.2) is 66.7 Å².